The number of hydrogen-bond acceptors (Lipinski definition) is 12. The summed E-state index contributed by atoms with van der Waals surface area (Å²) in [5, 5.41) is 33.0. The molecule has 24 heteroatoms. The van der Waals surface area contributed by atoms with E-state index in [2.05, 4.69) is 41.5 Å². The number of carboxylic acids is 2. The molecule has 0 bridgehead atoms. The van der Waals surface area contributed by atoms with E-state index in [1.165, 1.54) is 29.2 Å². The molecule has 0 saturated carbocycles. The van der Waals surface area contributed by atoms with Gasteiger partial charge in [0.25, 0.3) is 0 Å². The van der Waals surface area contributed by atoms with Crippen molar-refractivity contribution in [2.24, 2.45) is 22.2 Å². The Bertz CT molecular complexity index is 2500. The van der Waals surface area contributed by atoms with Crippen molar-refractivity contribution in [3.05, 3.63) is 89.0 Å². The molecule has 0 spiro atoms. The fourth-order valence-corrected chi connectivity index (χ4v) is 9.09. The molecular weight excluding hydrogens is 959 g/mol. The Morgan fingerprint density at radius 2 is 1.22 bits per heavy atom. The van der Waals surface area contributed by atoms with E-state index in [1.807, 2.05) is 13.0 Å². The lowest BCUT2D eigenvalue weighted by Crippen LogP contribution is -2.63. The Hall–Kier alpha value is -7.89. The van der Waals surface area contributed by atoms with Crippen LogP contribution >= 0.6 is 0 Å². The lowest BCUT2D eigenvalue weighted by atomic mass is 9.91. The van der Waals surface area contributed by atoms with Crippen LogP contribution in [0.3, 0.4) is 0 Å². The highest BCUT2D eigenvalue weighted by Gasteiger charge is 2.43. The molecule has 0 fully saturated rings. The molecule has 5 rings (SSSR count). The number of carboxylic acid groups (broad SMARTS) is 2. The van der Waals surface area contributed by atoms with Crippen LogP contribution in [0.2, 0.25) is 0 Å². The van der Waals surface area contributed by atoms with Crippen molar-refractivity contribution in [2.45, 2.75) is 146 Å². The van der Waals surface area contributed by atoms with Crippen molar-refractivity contribution >= 4 is 59.2 Å². The van der Waals surface area contributed by atoms with Gasteiger partial charge in [0.15, 0.2) is 5.96 Å². The van der Waals surface area contributed by atoms with Crippen molar-refractivity contribution in [2.75, 3.05) is 13.1 Å². The van der Waals surface area contributed by atoms with Crippen molar-refractivity contribution in [3.63, 3.8) is 0 Å². The summed E-state index contributed by atoms with van der Waals surface area (Å²) < 4.78 is 0. The Kier molecular flexibility index (Phi) is 21.4. The molecule has 3 heterocycles. The van der Waals surface area contributed by atoms with E-state index in [4.69, 9.17) is 17.2 Å². The van der Waals surface area contributed by atoms with Gasteiger partial charge in [-0.1, -0.05) is 68.3 Å². The van der Waals surface area contributed by atoms with E-state index in [0.717, 1.165) is 11.1 Å². The van der Waals surface area contributed by atoms with E-state index in [9.17, 15) is 39.0 Å². The van der Waals surface area contributed by atoms with Gasteiger partial charge >= 0.3 is 11.9 Å². The second-order valence-electron chi connectivity index (χ2n) is 18.5. The first-order valence-corrected chi connectivity index (χ1v) is 24.8. The minimum atomic E-state index is -1.71. The van der Waals surface area contributed by atoms with Gasteiger partial charge in [0, 0.05) is 57.7 Å². The third kappa shape index (κ3) is 16.3. The topological polar surface area (TPSA) is 380 Å². The van der Waals surface area contributed by atoms with Crippen LogP contribution in [0.5, 0.6) is 0 Å². The fourth-order valence-electron chi connectivity index (χ4n) is 9.09. The zero-order valence-electron chi connectivity index (χ0n) is 41.7. The lowest BCUT2D eigenvalue weighted by molar-refractivity contribution is -0.149. The van der Waals surface area contributed by atoms with Crippen molar-refractivity contribution < 1.29 is 53.4 Å². The second-order valence-corrected chi connectivity index (χ2v) is 18.5. The average molecular weight is 1030 g/mol. The lowest BCUT2D eigenvalue weighted by Gasteiger charge is -2.40. The molecule has 0 saturated heterocycles. The summed E-state index contributed by atoms with van der Waals surface area (Å²) in [7, 11) is 0. The summed E-state index contributed by atoms with van der Waals surface area (Å²) in [5.74, 6) is -8.18. The number of aliphatic carboxylic acids is 2. The van der Waals surface area contributed by atoms with Crippen LogP contribution in [0.15, 0.2) is 66.0 Å². The van der Waals surface area contributed by atoms with Crippen molar-refractivity contribution in [3.8, 4) is 0 Å². The van der Waals surface area contributed by atoms with Gasteiger partial charge in [0.2, 0.25) is 41.4 Å². The number of imidazole rings is 1. The number of aromatic nitrogens is 2. The number of benzene rings is 2. The number of nitrogens with two attached hydrogens (primary N) is 3. The van der Waals surface area contributed by atoms with Gasteiger partial charge in [-0.3, -0.25) is 43.3 Å². The summed E-state index contributed by atoms with van der Waals surface area (Å²) in [6, 6.07) is 4.89. The quantitative estimate of drug-likeness (QED) is 0.0254. The van der Waals surface area contributed by atoms with Gasteiger partial charge in [-0.25, -0.2) is 9.78 Å². The van der Waals surface area contributed by atoms with Crippen LogP contribution in [0.1, 0.15) is 99.6 Å². The number of amides is 7. The molecular formula is C50H69N13O11. The number of fused-ring (bicyclic) bond motifs is 2. The van der Waals surface area contributed by atoms with Gasteiger partial charge in [0.1, 0.15) is 42.3 Å². The van der Waals surface area contributed by atoms with Gasteiger partial charge < -0.3 is 68.8 Å². The third-order valence-corrected chi connectivity index (χ3v) is 12.9. The Morgan fingerprint density at radius 3 is 1.73 bits per heavy atom. The third-order valence-electron chi connectivity index (χ3n) is 12.9. The first-order chi connectivity index (χ1) is 35.4. The number of carbonyl (C=O) groups is 9. The standard InChI is InChI=1S/C50H69N13O11/c1-3-4-16-35(57-29(2)64)43(67)60-38(24-42(65)66)44(68)61-39(23-34-25-54-28-56-34)48(72)63-27-33-15-8-6-12-30(33)21-40(63)45(69)58-36(18-11-20-55-50(52)53)47(71)62-26-32-14-7-5-13-31(32)22-41(62)46(70)59-37(49(73)74)17-9-10-19-51/h5-8,12-15,25,28,35-41H,3-4,9-11,16-24,26-27,51H2,1-2H3,(H,54,56)(H,57,64)(H,58,69)(H,59,70)(H,60,67)(H,61,68)(H,65,66)(H,73,74)(H4,52,53,55)/t35-,36-,37-,38-,39-,40+,41-/m0/s1. The number of rotatable bonds is 27. The molecule has 14 N–H and O–H groups in total. The molecule has 2 aliphatic rings. The minimum absolute atomic E-state index is 0.0361. The van der Waals surface area contributed by atoms with Crippen LogP contribution in [-0.4, -0.2) is 145 Å². The number of carbonyl (C=O) groups excluding carboxylic acids is 7. The van der Waals surface area contributed by atoms with Crippen LogP contribution in [0.25, 0.3) is 0 Å². The highest BCUT2D eigenvalue weighted by Crippen LogP contribution is 2.28. The molecule has 1 aromatic heterocycles. The van der Waals surface area contributed by atoms with Crippen molar-refractivity contribution in [1.82, 2.24) is 46.4 Å². The summed E-state index contributed by atoms with van der Waals surface area (Å²) >= 11 is 0. The molecule has 7 atom stereocenters. The normalized spacial score (nSPS) is 16.9. The largest absolute Gasteiger partial charge is 0.481 e. The fraction of sp³-hybridized carbons (Fsp3) is 0.500. The van der Waals surface area contributed by atoms with Gasteiger partial charge in [-0.05, 0) is 67.3 Å². The molecule has 400 valence electrons. The molecule has 2 aromatic carbocycles. The molecule has 0 aliphatic carbocycles. The second kappa shape index (κ2) is 27.8. The number of aromatic amines is 1. The maximum atomic E-state index is 15.1. The molecule has 24 nitrogen and oxygen atoms in total. The van der Waals surface area contributed by atoms with E-state index in [1.54, 1.807) is 42.5 Å². The summed E-state index contributed by atoms with van der Waals surface area (Å²) in [6.45, 7) is 3.28. The molecule has 2 aliphatic heterocycles. The van der Waals surface area contributed by atoms with E-state index < -0.39 is 102 Å². The summed E-state index contributed by atoms with van der Waals surface area (Å²) in [4.78, 5) is 137. The SMILES string of the molecule is CCCC[C@H](NC(C)=O)C(=O)N[C@@H](CC(=O)O)C(=O)N[C@@H](Cc1cnc[nH]1)C(=O)N1Cc2ccccc2C[C@@H]1C(=O)N[C@@H](CCCN=C(N)N)C(=O)N1Cc2ccccc2C[C@H]1C(=O)N[C@@H](CCCCN)C(=O)O. The van der Waals surface area contributed by atoms with E-state index in [-0.39, 0.29) is 70.5 Å². The highest BCUT2D eigenvalue weighted by molar-refractivity contribution is 5.98. The minimum Gasteiger partial charge on any atom is -0.481 e. The molecule has 74 heavy (non-hydrogen) atoms. The number of H-pyrrole nitrogens is 1. The molecule has 0 radical (unpaired) electrons. The number of nitrogens with zero attached hydrogens (tertiary/aromatic N) is 4. The van der Waals surface area contributed by atoms with Gasteiger partial charge in [-0.2, -0.15) is 0 Å². The zero-order valence-corrected chi connectivity index (χ0v) is 41.7. The Labute approximate surface area is 428 Å². The van der Waals surface area contributed by atoms with E-state index in [0.29, 0.717) is 49.0 Å². The number of hydrogen-bond donors (Lipinski definition) is 11. The maximum absolute atomic E-state index is 15.1. The van der Waals surface area contributed by atoms with Crippen LogP contribution in [-0.2, 0) is 75.5 Å². The number of aliphatic imine (C=N–C) groups is 1. The van der Waals surface area contributed by atoms with E-state index >= 15 is 14.4 Å². The van der Waals surface area contributed by atoms with Gasteiger partial charge in [-0.15, -0.1) is 0 Å². The number of nitrogens with one attached hydrogen (secondary N) is 6. The van der Waals surface area contributed by atoms with Crippen LogP contribution < -0.4 is 43.8 Å². The van der Waals surface area contributed by atoms with Crippen LogP contribution in [0.4, 0.5) is 0 Å². The van der Waals surface area contributed by atoms with Gasteiger partial charge in [0.05, 0.1) is 12.7 Å². The number of unbranched alkanes of at least 4 members (excludes halogenated alkanes) is 2. The Morgan fingerprint density at radius 1 is 0.689 bits per heavy atom. The molecule has 7 amide bonds. The number of guanidine groups is 1. The smallest absolute Gasteiger partial charge is 0.326 e. The molecule has 3 aromatic rings. The maximum Gasteiger partial charge on any atom is 0.326 e. The first kappa shape index (κ1) is 57.0. The monoisotopic (exact) mass is 1030 g/mol. The Balaban J connectivity index is 1.49. The first-order valence-electron chi connectivity index (χ1n) is 24.8. The predicted octanol–water partition coefficient (Wildman–Crippen LogP) is -0.765. The van der Waals surface area contributed by atoms with Crippen LogP contribution in [0, 0.1) is 0 Å². The average Bonchev–Trinajstić information content (AvgIpc) is 3.89. The zero-order chi connectivity index (χ0) is 53.9. The van der Waals surface area contributed by atoms with Crippen molar-refractivity contribution in [1.29, 1.82) is 0 Å². The predicted molar refractivity (Wildman–Crippen MR) is 269 cm³/mol. The highest BCUT2D eigenvalue weighted by atomic mass is 16.4. The molecule has 0 unspecified atom stereocenters. The summed E-state index contributed by atoms with van der Waals surface area (Å²) in [5.41, 5.74) is 20.1. The summed E-state index contributed by atoms with van der Waals surface area (Å²) in [6.07, 6.45) is 4.26.